The molecule has 136 valence electrons. The first kappa shape index (κ1) is 16.6. The van der Waals surface area contributed by atoms with Crippen LogP contribution >= 0.6 is 0 Å². The van der Waals surface area contributed by atoms with Gasteiger partial charge in [-0.2, -0.15) is 0 Å². The fourth-order valence-electron chi connectivity index (χ4n) is 6.70. The van der Waals surface area contributed by atoms with E-state index in [2.05, 4.69) is 63.2 Å². The van der Waals surface area contributed by atoms with Gasteiger partial charge in [0.15, 0.2) is 0 Å². The normalized spacial score (nSPS) is 37.9. The summed E-state index contributed by atoms with van der Waals surface area (Å²) in [6.07, 6.45) is 6.02. The first-order valence-corrected chi connectivity index (χ1v) is 10.3. The van der Waals surface area contributed by atoms with Gasteiger partial charge < -0.3 is 5.11 Å². The van der Waals surface area contributed by atoms with Gasteiger partial charge in [0, 0.05) is 0 Å². The quantitative estimate of drug-likeness (QED) is 0.753. The Morgan fingerprint density at radius 1 is 0.769 bits per heavy atom. The molecule has 4 aliphatic carbocycles. The van der Waals surface area contributed by atoms with Crippen molar-refractivity contribution < 1.29 is 5.11 Å². The third-order valence-electron chi connectivity index (χ3n) is 8.07. The van der Waals surface area contributed by atoms with Gasteiger partial charge in [-0.15, -0.1) is 0 Å². The molecule has 4 fully saturated rings. The minimum Gasteiger partial charge on any atom is -0.385 e. The van der Waals surface area contributed by atoms with E-state index in [9.17, 15) is 5.11 Å². The van der Waals surface area contributed by atoms with Crippen LogP contribution < -0.4 is 0 Å². The molecule has 6 rings (SSSR count). The second kappa shape index (κ2) is 5.45. The Balaban J connectivity index is 1.56. The largest absolute Gasteiger partial charge is 0.385 e. The third-order valence-corrected chi connectivity index (χ3v) is 8.07. The van der Waals surface area contributed by atoms with E-state index in [0.717, 1.165) is 24.3 Å². The van der Waals surface area contributed by atoms with E-state index in [-0.39, 0.29) is 0 Å². The van der Waals surface area contributed by atoms with Crippen molar-refractivity contribution in [2.75, 3.05) is 0 Å². The smallest absolute Gasteiger partial charge is 0.0953 e. The zero-order valence-corrected chi connectivity index (χ0v) is 16.3. The zero-order valence-electron chi connectivity index (χ0n) is 16.3. The Morgan fingerprint density at radius 3 is 2.00 bits per heavy atom. The topological polar surface area (TPSA) is 20.2 Å². The van der Waals surface area contributed by atoms with Crippen LogP contribution in [0, 0.1) is 38.5 Å². The monoisotopic (exact) mass is 346 g/mol. The van der Waals surface area contributed by atoms with Gasteiger partial charge in [-0.1, -0.05) is 48.0 Å². The molecular weight excluding hydrogens is 316 g/mol. The van der Waals surface area contributed by atoms with Crippen LogP contribution in [0.15, 0.2) is 42.5 Å². The average Bonchev–Trinajstić information content (AvgIpc) is 2.62. The highest BCUT2D eigenvalue weighted by atomic mass is 16.3. The highest BCUT2D eigenvalue weighted by Crippen LogP contribution is 2.66. The van der Waals surface area contributed by atoms with E-state index < -0.39 is 5.60 Å². The highest BCUT2D eigenvalue weighted by Gasteiger charge is 2.62. The Morgan fingerprint density at radius 2 is 1.38 bits per heavy atom. The number of aryl methyl sites for hydroxylation is 3. The van der Waals surface area contributed by atoms with Crippen LogP contribution in [0.1, 0.15) is 59.9 Å². The zero-order chi connectivity index (χ0) is 18.1. The standard InChI is InChI=1S/C25H30O/c1-16-4-7-20(8-5-16)25(26)22-11-19-12-23(25)15-24(13-19,14-22)21-9-6-17(2)18(3)10-21/h4-10,19,22-23,26H,11-15H2,1-3H3/t19?,22-,23+,24?,25?. The highest BCUT2D eigenvalue weighted by molar-refractivity contribution is 5.39. The minimum absolute atomic E-state index is 0.298. The molecule has 0 heterocycles. The summed E-state index contributed by atoms with van der Waals surface area (Å²) in [5.41, 5.74) is 6.44. The molecule has 0 amide bonds. The first-order valence-electron chi connectivity index (χ1n) is 10.3. The summed E-state index contributed by atoms with van der Waals surface area (Å²) in [7, 11) is 0. The SMILES string of the molecule is Cc1ccc(C2(O)[C@@H]3CC4C[C@H]2CC(c2ccc(C)c(C)c2)(C4)C3)cc1. The summed E-state index contributed by atoms with van der Waals surface area (Å²) in [5, 5.41) is 11.9. The van der Waals surface area contributed by atoms with E-state index in [1.54, 1.807) is 0 Å². The lowest BCUT2D eigenvalue weighted by Gasteiger charge is -2.64. The molecule has 2 aromatic carbocycles. The lowest BCUT2D eigenvalue weighted by Crippen LogP contribution is -2.60. The number of hydrogen-bond acceptors (Lipinski definition) is 1. The fourth-order valence-corrected chi connectivity index (χ4v) is 6.70. The van der Waals surface area contributed by atoms with E-state index in [4.69, 9.17) is 0 Å². The molecular formula is C25H30O. The van der Waals surface area contributed by atoms with Crippen LogP contribution in [0.2, 0.25) is 0 Å². The van der Waals surface area contributed by atoms with Gasteiger partial charge in [0.1, 0.15) is 0 Å². The second-order valence-electron chi connectivity index (χ2n) is 9.61. The van der Waals surface area contributed by atoms with Gasteiger partial charge in [0.05, 0.1) is 5.60 Å². The molecule has 1 nitrogen and oxygen atoms in total. The maximum absolute atomic E-state index is 11.9. The van der Waals surface area contributed by atoms with Crippen LogP contribution in [0.25, 0.3) is 0 Å². The van der Waals surface area contributed by atoms with Crippen molar-refractivity contribution in [3.8, 4) is 0 Å². The summed E-state index contributed by atoms with van der Waals surface area (Å²) in [6.45, 7) is 6.57. The van der Waals surface area contributed by atoms with Gasteiger partial charge in [-0.25, -0.2) is 0 Å². The third kappa shape index (κ3) is 2.19. The Bertz CT molecular complexity index is 831. The molecule has 2 aromatic rings. The Labute approximate surface area is 157 Å². The summed E-state index contributed by atoms with van der Waals surface area (Å²) >= 11 is 0. The van der Waals surface area contributed by atoms with Crippen LogP contribution in [-0.4, -0.2) is 5.11 Å². The molecule has 1 heteroatoms. The molecule has 4 bridgehead atoms. The van der Waals surface area contributed by atoms with Crippen molar-refractivity contribution in [2.24, 2.45) is 17.8 Å². The summed E-state index contributed by atoms with van der Waals surface area (Å²) in [4.78, 5) is 0. The van der Waals surface area contributed by atoms with E-state index >= 15 is 0 Å². The van der Waals surface area contributed by atoms with Crippen molar-refractivity contribution in [2.45, 2.75) is 63.9 Å². The van der Waals surface area contributed by atoms with Gasteiger partial charge in [0.25, 0.3) is 0 Å². The van der Waals surface area contributed by atoms with Gasteiger partial charge in [-0.3, -0.25) is 0 Å². The molecule has 4 saturated carbocycles. The number of aliphatic hydroxyl groups is 1. The summed E-state index contributed by atoms with van der Waals surface area (Å²) in [6, 6.07) is 15.8. The maximum Gasteiger partial charge on any atom is 0.0953 e. The summed E-state index contributed by atoms with van der Waals surface area (Å²) in [5.74, 6) is 1.59. The van der Waals surface area contributed by atoms with E-state index in [1.807, 2.05) is 0 Å². The number of hydrogen-bond donors (Lipinski definition) is 1. The molecule has 26 heavy (non-hydrogen) atoms. The number of rotatable bonds is 2. The second-order valence-corrected chi connectivity index (χ2v) is 9.61. The van der Waals surface area contributed by atoms with E-state index in [0.29, 0.717) is 17.3 Å². The minimum atomic E-state index is -0.617. The Kier molecular flexibility index (Phi) is 3.47. The predicted octanol–water partition coefficient (Wildman–Crippen LogP) is 5.58. The van der Waals surface area contributed by atoms with Crippen molar-refractivity contribution in [3.63, 3.8) is 0 Å². The molecule has 1 N–H and O–H groups in total. The molecule has 0 spiro atoms. The molecule has 3 unspecified atom stereocenters. The lowest BCUT2D eigenvalue weighted by molar-refractivity contribution is -0.188. The molecule has 5 atom stereocenters. The summed E-state index contributed by atoms with van der Waals surface area (Å²) < 4.78 is 0. The first-order chi connectivity index (χ1) is 12.4. The molecule has 0 aromatic heterocycles. The van der Waals surface area contributed by atoms with Crippen molar-refractivity contribution >= 4 is 0 Å². The Hall–Kier alpha value is -1.60. The lowest BCUT2D eigenvalue weighted by atomic mass is 9.42. The predicted molar refractivity (Wildman–Crippen MR) is 106 cm³/mol. The van der Waals surface area contributed by atoms with Gasteiger partial charge >= 0.3 is 0 Å². The van der Waals surface area contributed by atoms with Crippen molar-refractivity contribution in [3.05, 3.63) is 70.3 Å². The molecule has 0 aliphatic heterocycles. The van der Waals surface area contributed by atoms with Crippen molar-refractivity contribution in [1.82, 2.24) is 0 Å². The molecule has 0 saturated heterocycles. The molecule has 0 radical (unpaired) electrons. The van der Waals surface area contributed by atoms with E-state index in [1.165, 1.54) is 41.5 Å². The van der Waals surface area contributed by atoms with Gasteiger partial charge in [-0.05, 0) is 98.3 Å². The molecule has 4 aliphatic rings. The van der Waals surface area contributed by atoms with Crippen LogP contribution in [0.3, 0.4) is 0 Å². The maximum atomic E-state index is 11.9. The van der Waals surface area contributed by atoms with Crippen LogP contribution in [0.5, 0.6) is 0 Å². The van der Waals surface area contributed by atoms with Gasteiger partial charge in [0.2, 0.25) is 0 Å². The van der Waals surface area contributed by atoms with Crippen LogP contribution in [0.4, 0.5) is 0 Å². The van der Waals surface area contributed by atoms with Crippen LogP contribution in [-0.2, 0) is 11.0 Å². The fraction of sp³-hybridized carbons (Fsp3) is 0.520. The number of benzene rings is 2. The van der Waals surface area contributed by atoms with Crippen molar-refractivity contribution in [1.29, 1.82) is 0 Å². The average molecular weight is 347 g/mol.